The van der Waals surface area contributed by atoms with Crippen LogP contribution in [0.3, 0.4) is 0 Å². The Morgan fingerprint density at radius 1 is 1.00 bits per heavy atom. The number of carbonyl (C=O) groups is 1. The third-order valence-corrected chi connectivity index (χ3v) is 3.58. The van der Waals surface area contributed by atoms with Gasteiger partial charge < -0.3 is 9.15 Å². The lowest BCUT2D eigenvalue weighted by molar-refractivity contribution is -0.130. The van der Waals surface area contributed by atoms with E-state index in [1.807, 2.05) is 44.2 Å². The molecule has 3 rings (SSSR count). The Bertz CT molecular complexity index is 776. The first-order chi connectivity index (χ1) is 10.0. The fraction of sp³-hybridized carbons (Fsp3) is 0.167. The van der Waals surface area contributed by atoms with Gasteiger partial charge in [0.15, 0.2) is 0 Å². The Balaban J connectivity index is 1.95. The van der Waals surface area contributed by atoms with Crippen LogP contribution in [0.4, 0.5) is 0 Å². The summed E-state index contributed by atoms with van der Waals surface area (Å²) in [5.41, 5.74) is 3.79. The van der Waals surface area contributed by atoms with E-state index in [4.69, 9.17) is 9.15 Å². The van der Waals surface area contributed by atoms with Gasteiger partial charge in [0.1, 0.15) is 17.3 Å². The third-order valence-electron chi connectivity index (χ3n) is 3.58. The summed E-state index contributed by atoms with van der Waals surface area (Å²) in [5.74, 6) is 1.69. The van der Waals surface area contributed by atoms with Crippen LogP contribution in [0.25, 0.3) is 11.8 Å². The maximum Gasteiger partial charge on any atom is 0.343 e. The van der Waals surface area contributed by atoms with Crippen LogP contribution in [0.15, 0.2) is 46.4 Å². The van der Waals surface area contributed by atoms with Crippen LogP contribution in [0.2, 0.25) is 0 Å². The molecule has 0 bridgehead atoms. The molecule has 0 saturated heterocycles. The number of hydrogen-bond donors (Lipinski definition) is 0. The van der Waals surface area contributed by atoms with Crippen molar-refractivity contribution >= 4 is 17.8 Å². The molecule has 0 spiro atoms. The second-order valence-corrected chi connectivity index (χ2v) is 5.25. The molecule has 0 radical (unpaired) electrons. The van der Waals surface area contributed by atoms with Crippen LogP contribution in [-0.4, -0.2) is 5.97 Å². The van der Waals surface area contributed by atoms with E-state index in [-0.39, 0.29) is 5.97 Å². The second-order valence-electron chi connectivity index (χ2n) is 5.25. The number of carbonyl (C=O) groups excluding carboxylic acids is 1. The Kier molecular flexibility index (Phi) is 3.26. The quantitative estimate of drug-likeness (QED) is 0.611. The molecule has 3 nitrogen and oxygen atoms in total. The fourth-order valence-corrected chi connectivity index (χ4v) is 2.21. The predicted octanol–water partition coefficient (Wildman–Crippen LogP) is 4.19. The smallest absolute Gasteiger partial charge is 0.343 e. The van der Waals surface area contributed by atoms with E-state index in [2.05, 4.69) is 6.92 Å². The fourth-order valence-electron chi connectivity index (χ4n) is 2.21. The zero-order valence-corrected chi connectivity index (χ0v) is 12.3. The molecule has 0 fully saturated rings. The highest BCUT2D eigenvalue weighted by molar-refractivity contribution is 6.04. The van der Waals surface area contributed by atoms with Gasteiger partial charge in [-0.3, -0.25) is 0 Å². The van der Waals surface area contributed by atoms with Crippen molar-refractivity contribution in [2.45, 2.75) is 20.8 Å². The number of benzene rings is 1. The van der Waals surface area contributed by atoms with Crippen molar-refractivity contribution in [3.63, 3.8) is 0 Å². The van der Waals surface area contributed by atoms with E-state index >= 15 is 0 Å². The maximum atomic E-state index is 11.9. The summed E-state index contributed by atoms with van der Waals surface area (Å²) in [4.78, 5) is 11.9. The topological polar surface area (TPSA) is 39.4 Å². The molecule has 2 aromatic rings. The van der Waals surface area contributed by atoms with Crippen LogP contribution in [0, 0.1) is 20.8 Å². The Hall–Kier alpha value is -2.55. The van der Waals surface area contributed by atoms with Gasteiger partial charge in [0, 0.05) is 5.56 Å². The average Bonchev–Trinajstić information content (AvgIpc) is 3.00. The molecule has 1 aromatic carbocycles. The molecular formula is C18H16O3. The van der Waals surface area contributed by atoms with Gasteiger partial charge in [0.25, 0.3) is 0 Å². The van der Waals surface area contributed by atoms with E-state index in [9.17, 15) is 4.79 Å². The molecule has 1 aliphatic rings. The number of aryl methyl sites for hydroxylation is 3. The minimum absolute atomic E-state index is 0.350. The van der Waals surface area contributed by atoms with Gasteiger partial charge in [0.2, 0.25) is 0 Å². The standard InChI is InChI=1S/C18H16O3/c1-11-4-6-14(8-12(11)2)17-10-15(18(19)21-17)9-16-7-5-13(3)20-16/h4-10H,1-3H3/b15-9-. The second kappa shape index (κ2) is 5.09. The van der Waals surface area contributed by atoms with Crippen LogP contribution in [0.1, 0.15) is 28.2 Å². The Morgan fingerprint density at radius 3 is 2.48 bits per heavy atom. The first-order valence-electron chi connectivity index (χ1n) is 6.82. The van der Waals surface area contributed by atoms with Gasteiger partial charge in [-0.15, -0.1) is 0 Å². The van der Waals surface area contributed by atoms with Crippen molar-refractivity contribution in [2.75, 3.05) is 0 Å². The van der Waals surface area contributed by atoms with Crippen LogP contribution < -0.4 is 0 Å². The predicted molar refractivity (Wildman–Crippen MR) is 81.4 cm³/mol. The lowest BCUT2D eigenvalue weighted by atomic mass is 10.0. The van der Waals surface area contributed by atoms with Crippen molar-refractivity contribution in [3.8, 4) is 0 Å². The summed E-state index contributed by atoms with van der Waals surface area (Å²) in [5, 5.41) is 0. The zero-order chi connectivity index (χ0) is 15.0. The summed E-state index contributed by atoms with van der Waals surface area (Å²) >= 11 is 0. The van der Waals surface area contributed by atoms with Gasteiger partial charge >= 0.3 is 5.97 Å². The van der Waals surface area contributed by atoms with E-state index in [0.29, 0.717) is 17.1 Å². The van der Waals surface area contributed by atoms with Gasteiger partial charge in [-0.1, -0.05) is 12.1 Å². The van der Waals surface area contributed by atoms with E-state index in [1.165, 1.54) is 11.1 Å². The van der Waals surface area contributed by atoms with Crippen molar-refractivity contribution in [1.29, 1.82) is 0 Å². The Morgan fingerprint density at radius 2 is 1.81 bits per heavy atom. The molecule has 1 aliphatic heterocycles. The first-order valence-corrected chi connectivity index (χ1v) is 6.82. The van der Waals surface area contributed by atoms with E-state index in [0.717, 1.165) is 11.3 Å². The minimum atomic E-state index is -0.350. The molecule has 106 valence electrons. The summed E-state index contributed by atoms with van der Waals surface area (Å²) < 4.78 is 10.8. The number of furan rings is 1. The van der Waals surface area contributed by atoms with Gasteiger partial charge in [-0.05, 0) is 62.2 Å². The monoisotopic (exact) mass is 280 g/mol. The zero-order valence-electron chi connectivity index (χ0n) is 12.3. The highest BCUT2D eigenvalue weighted by Crippen LogP contribution is 2.28. The summed E-state index contributed by atoms with van der Waals surface area (Å²) in [7, 11) is 0. The lowest BCUT2D eigenvalue weighted by Crippen LogP contribution is -1.97. The number of esters is 1. The van der Waals surface area contributed by atoms with Gasteiger partial charge in [0.05, 0.1) is 5.57 Å². The number of hydrogen-bond acceptors (Lipinski definition) is 3. The normalized spacial score (nSPS) is 16.2. The highest BCUT2D eigenvalue weighted by atomic mass is 16.5. The minimum Gasteiger partial charge on any atom is -0.462 e. The molecular weight excluding hydrogens is 264 g/mol. The SMILES string of the molecule is Cc1ccc(/C=C2/C=C(c3ccc(C)c(C)c3)OC2=O)o1. The third kappa shape index (κ3) is 2.68. The van der Waals surface area contributed by atoms with Crippen molar-refractivity contribution < 1.29 is 13.9 Å². The summed E-state index contributed by atoms with van der Waals surface area (Å²) in [6, 6.07) is 9.70. The summed E-state index contributed by atoms with van der Waals surface area (Å²) in [6.45, 7) is 5.96. The van der Waals surface area contributed by atoms with Crippen molar-refractivity contribution in [3.05, 3.63) is 70.2 Å². The first kappa shape index (κ1) is 13.4. The average molecular weight is 280 g/mol. The number of cyclic esters (lactones) is 1. The number of ether oxygens (including phenoxy) is 1. The van der Waals surface area contributed by atoms with E-state index < -0.39 is 0 Å². The van der Waals surface area contributed by atoms with Crippen molar-refractivity contribution in [1.82, 2.24) is 0 Å². The highest BCUT2D eigenvalue weighted by Gasteiger charge is 2.22. The van der Waals surface area contributed by atoms with E-state index in [1.54, 1.807) is 12.2 Å². The maximum absolute atomic E-state index is 11.9. The molecule has 1 aromatic heterocycles. The van der Waals surface area contributed by atoms with Crippen molar-refractivity contribution in [2.24, 2.45) is 0 Å². The molecule has 3 heteroatoms. The van der Waals surface area contributed by atoms with Crippen LogP contribution in [0.5, 0.6) is 0 Å². The Labute approximate surface area is 123 Å². The van der Waals surface area contributed by atoms with Gasteiger partial charge in [-0.2, -0.15) is 0 Å². The molecule has 0 unspecified atom stereocenters. The number of rotatable bonds is 2. The van der Waals surface area contributed by atoms with Crippen LogP contribution in [-0.2, 0) is 9.53 Å². The molecule has 0 atom stereocenters. The molecule has 0 N–H and O–H groups in total. The summed E-state index contributed by atoms with van der Waals surface area (Å²) in [6.07, 6.45) is 3.45. The van der Waals surface area contributed by atoms with Crippen LogP contribution >= 0.6 is 0 Å². The molecule has 0 amide bonds. The largest absolute Gasteiger partial charge is 0.462 e. The van der Waals surface area contributed by atoms with Gasteiger partial charge in [-0.25, -0.2) is 4.79 Å². The molecule has 2 heterocycles. The molecule has 0 saturated carbocycles. The molecule has 21 heavy (non-hydrogen) atoms. The molecule has 0 aliphatic carbocycles. The lowest BCUT2D eigenvalue weighted by Gasteiger charge is -2.05.